The maximum absolute atomic E-state index is 12.1. The van der Waals surface area contributed by atoms with Crippen LogP contribution in [0.5, 0.6) is 0 Å². The quantitative estimate of drug-likeness (QED) is 0.734. The first-order chi connectivity index (χ1) is 14.1. The molecular weight excluding hydrogens is 434 g/mol. The number of halogens is 1. The lowest BCUT2D eigenvalue weighted by Crippen LogP contribution is -2.42. The van der Waals surface area contributed by atoms with Gasteiger partial charge in [-0.05, 0) is 54.0 Å². The van der Waals surface area contributed by atoms with Crippen LogP contribution in [-0.4, -0.2) is 47.5 Å². The fourth-order valence-electron chi connectivity index (χ4n) is 5.22. The maximum Gasteiger partial charge on any atom is 0.224 e. The van der Waals surface area contributed by atoms with Crippen molar-refractivity contribution in [3.05, 3.63) is 22.5 Å². The molecule has 0 aromatic carbocycles. The molecule has 0 radical (unpaired) electrons. The number of hydrogen-bond donors (Lipinski definition) is 2. The fraction of sp³-hybridized carbons (Fsp3) is 0.571. The van der Waals surface area contributed by atoms with Crippen LogP contribution >= 0.6 is 15.9 Å². The molecule has 2 saturated heterocycles. The van der Waals surface area contributed by atoms with Gasteiger partial charge >= 0.3 is 0 Å². The van der Waals surface area contributed by atoms with E-state index in [0.717, 1.165) is 67.4 Å². The molecular formula is C21H24BrN5O2. The van der Waals surface area contributed by atoms with Crippen LogP contribution in [0.25, 0.3) is 11.0 Å². The minimum absolute atomic E-state index is 0.194. The van der Waals surface area contributed by atoms with Gasteiger partial charge < -0.3 is 15.1 Å². The molecule has 2 N–H and O–H groups in total. The molecule has 3 aliphatic rings. The fourth-order valence-corrected chi connectivity index (χ4v) is 5.75. The average molecular weight is 458 g/mol. The number of aromatic nitrogens is 1. The first-order valence-electron chi connectivity index (χ1n) is 10.4. The number of piperidine rings is 1. The second-order valence-corrected chi connectivity index (χ2v) is 9.26. The van der Waals surface area contributed by atoms with Gasteiger partial charge in [0.2, 0.25) is 11.7 Å². The second kappa shape index (κ2) is 7.62. The monoisotopic (exact) mass is 457 g/mol. The number of pyridine rings is 1. The first kappa shape index (κ1) is 18.9. The Morgan fingerprint density at radius 3 is 2.86 bits per heavy atom. The van der Waals surface area contributed by atoms with E-state index in [1.807, 2.05) is 6.07 Å². The standard InChI is InChI=1S/C21H24BrN5O2/c22-19-16-7-15(8-23)29-18(16)9-25-20(19)26-13-1-3-14(4-2-13)27-10-12-5-6-24-21(28)17(12)11-27/h7,9,12-14,17H,1-6,10-11H2,(H,24,28)(H,25,26). The number of carbonyl (C=O) groups is 1. The highest BCUT2D eigenvalue weighted by Gasteiger charge is 2.42. The lowest BCUT2D eigenvalue weighted by molar-refractivity contribution is -0.127. The zero-order chi connectivity index (χ0) is 20.0. The summed E-state index contributed by atoms with van der Waals surface area (Å²) in [6.07, 6.45) is 7.25. The number of likely N-dealkylation sites (tertiary alicyclic amines) is 1. The number of amides is 1. The molecule has 2 aromatic heterocycles. The van der Waals surface area contributed by atoms with Crippen LogP contribution in [-0.2, 0) is 4.79 Å². The summed E-state index contributed by atoms with van der Waals surface area (Å²) >= 11 is 3.62. The van der Waals surface area contributed by atoms with E-state index in [1.165, 1.54) is 0 Å². The molecule has 1 aliphatic carbocycles. The summed E-state index contributed by atoms with van der Waals surface area (Å²) in [5, 5.41) is 16.5. The molecule has 2 aliphatic heterocycles. The predicted octanol–water partition coefficient (Wildman–Crippen LogP) is 3.25. The van der Waals surface area contributed by atoms with Gasteiger partial charge in [-0.1, -0.05) is 0 Å². The first-order valence-corrected chi connectivity index (χ1v) is 11.2. The van der Waals surface area contributed by atoms with Gasteiger partial charge in [-0.15, -0.1) is 0 Å². The Balaban J connectivity index is 1.21. The summed E-state index contributed by atoms with van der Waals surface area (Å²) in [5.41, 5.74) is 0.613. The molecule has 1 amide bonds. The number of furan rings is 1. The summed E-state index contributed by atoms with van der Waals surface area (Å²) in [5.74, 6) is 2.08. The summed E-state index contributed by atoms with van der Waals surface area (Å²) in [7, 11) is 0. The van der Waals surface area contributed by atoms with Crippen molar-refractivity contribution in [1.29, 1.82) is 5.26 Å². The molecule has 3 fully saturated rings. The van der Waals surface area contributed by atoms with Crippen molar-refractivity contribution in [3.8, 4) is 6.07 Å². The largest absolute Gasteiger partial charge is 0.444 e. The molecule has 5 rings (SSSR count). The Kier molecular flexibility index (Phi) is 4.96. The predicted molar refractivity (Wildman–Crippen MR) is 112 cm³/mol. The van der Waals surface area contributed by atoms with E-state index in [-0.39, 0.29) is 11.8 Å². The third kappa shape index (κ3) is 3.51. The summed E-state index contributed by atoms with van der Waals surface area (Å²) in [4.78, 5) is 19.2. The van der Waals surface area contributed by atoms with Gasteiger partial charge in [0.1, 0.15) is 11.9 Å². The topological polar surface area (TPSA) is 94.2 Å². The van der Waals surface area contributed by atoms with Crippen LogP contribution in [0.2, 0.25) is 0 Å². The second-order valence-electron chi connectivity index (χ2n) is 8.47. The Morgan fingerprint density at radius 1 is 1.28 bits per heavy atom. The van der Waals surface area contributed by atoms with E-state index in [4.69, 9.17) is 9.68 Å². The van der Waals surface area contributed by atoms with Crippen molar-refractivity contribution in [2.45, 2.75) is 44.2 Å². The molecule has 4 heterocycles. The number of rotatable bonds is 3. The third-order valence-electron chi connectivity index (χ3n) is 6.80. The van der Waals surface area contributed by atoms with Crippen LogP contribution in [0.4, 0.5) is 5.82 Å². The maximum atomic E-state index is 12.1. The van der Waals surface area contributed by atoms with Gasteiger partial charge in [0.15, 0.2) is 5.58 Å². The van der Waals surface area contributed by atoms with Crippen molar-refractivity contribution in [3.63, 3.8) is 0 Å². The minimum atomic E-state index is 0.194. The molecule has 0 bridgehead atoms. The molecule has 2 unspecified atom stereocenters. The van der Waals surface area contributed by atoms with E-state index in [9.17, 15) is 4.79 Å². The molecule has 2 atom stereocenters. The highest BCUT2D eigenvalue weighted by molar-refractivity contribution is 9.10. The van der Waals surface area contributed by atoms with E-state index in [0.29, 0.717) is 29.3 Å². The van der Waals surface area contributed by atoms with Crippen LogP contribution in [0.1, 0.15) is 37.9 Å². The van der Waals surface area contributed by atoms with E-state index in [2.05, 4.69) is 36.4 Å². The number of nitrogens with zero attached hydrogens (tertiary/aromatic N) is 3. The van der Waals surface area contributed by atoms with Crippen molar-refractivity contribution in [1.82, 2.24) is 15.2 Å². The molecule has 29 heavy (non-hydrogen) atoms. The van der Waals surface area contributed by atoms with E-state index >= 15 is 0 Å². The van der Waals surface area contributed by atoms with Crippen LogP contribution in [0.15, 0.2) is 21.2 Å². The number of carbonyl (C=O) groups excluding carboxylic acids is 1. The summed E-state index contributed by atoms with van der Waals surface area (Å²) < 4.78 is 6.29. The van der Waals surface area contributed by atoms with Gasteiger partial charge in [0.05, 0.1) is 16.6 Å². The summed E-state index contributed by atoms with van der Waals surface area (Å²) in [6.45, 7) is 2.83. The third-order valence-corrected chi connectivity index (χ3v) is 7.60. The van der Waals surface area contributed by atoms with Crippen LogP contribution in [0.3, 0.4) is 0 Å². The van der Waals surface area contributed by atoms with Gasteiger partial charge in [0, 0.05) is 43.2 Å². The molecule has 8 heteroatoms. The Bertz CT molecular complexity index is 975. The Hall–Kier alpha value is -2.11. The molecule has 152 valence electrons. The Morgan fingerprint density at radius 2 is 2.10 bits per heavy atom. The number of hydrogen-bond acceptors (Lipinski definition) is 6. The van der Waals surface area contributed by atoms with Crippen LogP contribution < -0.4 is 10.6 Å². The zero-order valence-electron chi connectivity index (χ0n) is 16.2. The van der Waals surface area contributed by atoms with E-state index in [1.54, 1.807) is 12.3 Å². The van der Waals surface area contributed by atoms with Gasteiger partial charge in [0.25, 0.3) is 0 Å². The lowest BCUT2D eigenvalue weighted by atomic mass is 9.89. The average Bonchev–Trinajstić information content (AvgIpc) is 3.36. The molecule has 0 spiro atoms. The Labute approximate surface area is 177 Å². The highest BCUT2D eigenvalue weighted by Crippen LogP contribution is 2.36. The van der Waals surface area contributed by atoms with Gasteiger partial charge in [-0.25, -0.2) is 4.98 Å². The number of anilines is 1. The lowest BCUT2D eigenvalue weighted by Gasteiger charge is -2.35. The van der Waals surface area contributed by atoms with Crippen molar-refractivity contribution in [2.75, 3.05) is 25.0 Å². The van der Waals surface area contributed by atoms with E-state index < -0.39 is 0 Å². The van der Waals surface area contributed by atoms with Crippen molar-refractivity contribution < 1.29 is 9.21 Å². The number of nitriles is 1. The summed E-state index contributed by atoms with van der Waals surface area (Å²) in [6, 6.07) is 4.73. The number of nitrogens with one attached hydrogen (secondary N) is 2. The zero-order valence-corrected chi connectivity index (χ0v) is 17.7. The highest BCUT2D eigenvalue weighted by atomic mass is 79.9. The molecule has 1 saturated carbocycles. The van der Waals surface area contributed by atoms with Gasteiger partial charge in [-0.3, -0.25) is 9.69 Å². The molecule has 7 nitrogen and oxygen atoms in total. The van der Waals surface area contributed by atoms with Crippen molar-refractivity contribution >= 4 is 38.6 Å². The van der Waals surface area contributed by atoms with Crippen LogP contribution in [0, 0.1) is 23.2 Å². The minimum Gasteiger partial charge on any atom is -0.444 e. The SMILES string of the molecule is N#Cc1cc2c(Br)c(NC3CCC(N4CC5CCNC(=O)C5C4)CC3)ncc2o1. The number of fused-ring (bicyclic) bond motifs is 2. The normalized spacial score (nSPS) is 30.0. The van der Waals surface area contributed by atoms with Gasteiger partial charge in [-0.2, -0.15) is 5.26 Å². The molecule has 2 aromatic rings. The smallest absolute Gasteiger partial charge is 0.224 e. The van der Waals surface area contributed by atoms with Crippen molar-refractivity contribution in [2.24, 2.45) is 11.8 Å².